The number of benzene rings is 2. The Hall–Kier alpha value is -2.78. The second-order valence-electron chi connectivity index (χ2n) is 10.8. The molecule has 0 amide bonds. The molecule has 201 valence electrons. The molecular weight excluding hydrogens is 503 g/mol. The summed E-state index contributed by atoms with van der Waals surface area (Å²) in [4.78, 5) is 32.9. The number of aryl methyl sites for hydroxylation is 1. The van der Waals surface area contributed by atoms with Crippen molar-refractivity contribution in [1.82, 2.24) is 19.7 Å². The van der Waals surface area contributed by atoms with Crippen LogP contribution in [0.15, 0.2) is 62.6 Å². The van der Waals surface area contributed by atoms with Gasteiger partial charge in [-0.2, -0.15) is 0 Å². The molecule has 4 aromatic rings. The Morgan fingerprint density at radius 2 is 1.72 bits per heavy atom. The molecule has 2 aromatic carbocycles. The van der Waals surface area contributed by atoms with Crippen LogP contribution in [0.5, 0.6) is 0 Å². The number of hydrogen-bond donors (Lipinski definition) is 1. The molecule has 9 heteroatoms. The molecule has 0 aliphatic rings. The number of nitrogens with one attached hydrogen (secondary N) is 1. The van der Waals surface area contributed by atoms with Crippen LogP contribution in [0, 0.1) is 5.41 Å². The second kappa shape index (κ2) is 13.5. The van der Waals surface area contributed by atoms with Crippen molar-refractivity contribution in [1.29, 1.82) is 0 Å². The van der Waals surface area contributed by atoms with Crippen molar-refractivity contribution < 1.29 is 9.26 Å². The third-order valence-corrected chi connectivity index (χ3v) is 6.37. The minimum atomic E-state index is -0.591. The maximum atomic E-state index is 13.8. The molecule has 1 radical (unpaired) electrons. The standard InChI is InChI=1S/C30H36N4O4.Na/c1-6-7-12-25-24(28(35)34(19-30(2,3)4)26(31-25)18-37-5)17-20-13-15-21(16-14-20)22-10-8-9-11-23(22)27-32-29(36)38-33-27;/h8-11,13-16H,6-7,12,17-19H2,1-5H3,(H,32,33,36);. The molecular formula is C30H36N4NaO4. The zero-order valence-corrected chi connectivity index (χ0v) is 25.8. The van der Waals surface area contributed by atoms with Gasteiger partial charge in [-0.1, -0.05) is 87.8 Å². The summed E-state index contributed by atoms with van der Waals surface area (Å²) in [6.07, 6.45) is 3.25. The van der Waals surface area contributed by atoms with Gasteiger partial charge in [0.1, 0.15) is 12.4 Å². The number of rotatable bonds is 10. The van der Waals surface area contributed by atoms with E-state index in [1.54, 1.807) is 11.7 Å². The number of methoxy groups -OCH3 is 1. The van der Waals surface area contributed by atoms with E-state index in [1.807, 2.05) is 48.5 Å². The van der Waals surface area contributed by atoms with Crippen LogP contribution >= 0.6 is 0 Å². The Labute approximate surface area is 251 Å². The van der Waals surface area contributed by atoms with Gasteiger partial charge < -0.3 is 4.74 Å². The fraction of sp³-hybridized carbons (Fsp3) is 0.400. The molecule has 0 saturated heterocycles. The van der Waals surface area contributed by atoms with Gasteiger partial charge in [0.05, 0.1) is 5.69 Å². The zero-order chi connectivity index (χ0) is 27.3. The number of hydrogen-bond acceptors (Lipinski definition) is 6. The summed E-state index contributed by atoms with van der Waals surface area (Å²) in [5.74, 6) is 0.475. The molecule has 4 rings (SSSR count). The number of H-pyrrole nitrogens is 1. The van der Waals surface area contributed by atoms with Gasteiger partial charge in [0, 0.05) is 60.8 Å². The molecule has 1 N–H and O–H groups in total. The minimum absolute atomic E-state index is 0. The molecule has 0 bridgehead atoms. The summed E-state index contributed by atoms with van der Waals surface area (Å²) in [6, 6.07) is 15.8. The normalized spacial score (nSPS) is 11.4. The van der Waals surface area contributed by atoms with E-state index in [-0.39, 0.29) is 40.5 Å². The summed E-state index contributed by atoms with van der Waals surface area (Å²) in [7, 11) is 1.63. The van der Waals surface area contributed by atoms with Gasteiger partial charge in [0.15, 0.2) is 5.82 Å². The van der Waals surface area contributed by atoms with Crippen molar-refractivity contribution >= 4 is 29.6 Å². The zero-order valence-electron chi connectivity index (χ0n) is 23.8. The molecule has 0 unspecified atom stereocenters. The first-order chi connectivity index (χ1) is 18.2. The van der Waals surface area contributed by atoms with Gasteiger partial charge in [-0.25, -0.2) is 9.78 Å². The molecule has 0 aliphatic heterocycles. The number of nitrogens with zero attached hydrogens (tertiary/aromatic N) is 3. The largest absolute Gasteiger partial charge is 0.439 e. The first-order valence-corrected chi connectivity index (χ1v) is 13.0. The first-order valence-electron chi connectivity index (χ1n) is 13.0. The van der Waals surface area contributed by atoms with Gasteiger partial charge in [-0.05, 0) is 34.9 Å². The molecule has 8 nitrogen and oxygen atoms in total. The van der Waals surface area contributed by atoms with Crippen LogP contribution in [0.1, 0.15) is 63.2 Å². The average molecular weight is 540 g/mol. The van der Waals surface area contributed by atoms with Crippen molar-refractivity contribution in [2.75, 3.05) is 7.11 Å². The number of ether oxygens (including phenoxy) is 1. The first kappa shape index (κ1) is 30.8. The minimum Gasteiger partial charge on any atom is -0.377 e. The van der Waals surface area contributed by atoms with Crippen molar-refractivity contribution in [2.24, 2.45) is 5.41 Å². The molecule has 0 spiro atoms. The van der Waals surface area contributed by atoms with E-state index in [2.05, 4.69) is 37.8 Å². The monoisotopic (exact) mass is 539 g/mol. The van der Waals surface area contributed by atoms with E-state index in [0.717, 1.165) is 52.8 Å². The maximum Gasteiger partial charge on any atom is 0.439 e. The van der Waals surface area contributed by atoms with E-state index in [0.29, 0.717) is 31.2 Å². The Morgan fingerprint density at radius 3 is 2.31 bits per heavy atom. The van der Waals surface area contributed by atoms with Gasteiger partial charge in [-0.15, -0.1) is 0 Å². The average Bonchev–Trinajstić information content (AvgIpc) is 3.33. The topological polar surface area (TPSA) is 103 Å². The molecule has 0 atom stereocenters. The summed E-state index contributed by atoms with van der Waals surface area (Å²) in [5.41, 5.74) is 5.23. The van der Waals surface area contributed by atoms with Crippen LogP contribution in [-0.4, -0.2) is 56.4 Å². The van der Waals surface area contributed by atoms with E-state index in [4.69, 9.17) is 14.2 Å². The fourth-order valence-corrected chi connectivity index (χ4v) is 4.59. The summed E-state index contributed by atoms with van der Waals surface area (Å²) in [5, 5.41) is 3.85. The van der Waals surface area contributed by atoms with Crippen molar-refractivity contribution in [3.05, 3.63) is 92.1 Å². The molecule has 0 aliphatic carbocycles. The second-order valence-corrected chi connectivity index (χ2v) is 10.8. The van der Waals surface area contributed by atoms with E-state index in [9.17, 15) is 9.59 Å². The van der Waals surface area contributed by atoms with Gasteiger partial charge in [0.2, 0.25) is 0 Å². The van der Waals surface area contributed by atoms with Crippen LogP contribution in [0.4, 0.5) is 0 Å². The van der Waals surface area contributed by atoms with Gasteiger partial charge in [-0.3, -0.25) is 18.9 Å². The van der Waals surface area contributed by atoms with Gasteiger partial charge in [0.25, 0.3) is 5.56 Å². The Balaban J connectivity index is 0.00000420. The SMILES string of the molecule is CCCCc1nc(COC)n(CC(C)(C)C)c(=O)c1Cc1ccc(-c2ccccc2-c2noc(=O)[nH]2)cc1.[Na]. The Bertz CT molecular complexity index is 1500. The third kappa shape index (κ3) is 7.66. The molecule has 2 aromatic heterocycles. The van der Waals surface area contributed by atoms with Gasteiger partial charge >= 0.3 is 5.76 Å². The summed E-state index contributed by atoms with van der Waals surface area (Å²) >= 11 is 0. The smallest absolute Gasteiger partial charge is 0.377 e. The van der Waals surface area contributed by atoms with Crippen LogP contribution in [0.2, 0.25) is 0 Å². The number of aromatic amines is 1. The quantitative estimate of drug-likeness (QED) is 0.285. The third-order valence-electron chi connectivity index (χ3n) is 6.37. The molecule has 39 heavy (non-hydrogen) atoms. The van der Waals surface area contributed by atoms with Crippen LogP contribution in [-0.2, 0) is 30.7 Å². The molecule has 0 fully saturated rings. The van der Waals surface area contributed by atoms with Crippen LogP contribution in [0.25, 0.3) is 22.5 Å². The van der Waals surface area contributed by atoms with Crippen molar-refractivity contribution in [3.63, 3.8) is 0 Å². The summed E-state index contributed by atoms with van der Waals surface area (Å²) < 4.78 is 11.9. The Kier molecular flexibility index (Phi) is 10.7. The van der Waals surface area contributed by atoms with Crippen LogP contribution in [0.3, 0.4) is 0 Å². The fourth-order valence-electron chi connectivity index (χ4n) is 4.59. The van der Waals surface area contributed by atoms with Crippen LogP contribution < -0.4 is 11.3 Å². The predicted octanol–water partition coefficient (Wildman–Crippen LogP) is 5.00. The molecule has 0 saturated carbocycles. The number of unbranched alkanes of at least 4 members (excludes halogenated alkanes) is 1. The van der Waals surface area contributed by atoms with E-state index in [1.165, 1.54) is 0 Å². The van der Waals surface area contributed by atoms with Crippen molar-refractivity contribution in [3.8, 4) is 22.5 Å². The summed E-state index contributed by atoms with van der Waals surface area (Å²) in [6.45, 7) is 9.36. The van der Waals surface area contributed by atoms with E-state index >= 15 is 0 Å². The number of aromatic nitrogens is 4. The Morgan fingerprint density at radius 1 is 1.03 bits per heavy atom. The molecule has 2 heterocycles. The predicted molar refractivity (Wildman–Crippen MR) is 154 cm³/mol. The van der Waals surface area contributed by atoms with E-state index < -0.39 is 5.76 Å². The van der Waals surface area contributed by atoms with Crippen molar-refractivity contribution in [2.45, 2.75) is 66.5 Å². The maximum absolute atomic E-state index is 13.8.